The highest BCUT2D eigenvalue weighted by atomic mass is 16.5. The molecule has 3 heteroatoms. The summed E-state index contributed by atoms with van der Waals surface area (Å²) >= 11 is 0. The van der Waals surface area contributed by atoms with Gasteiger partial charge >= 0.3 is 0 Å². The second kappa shape index (κ2) is 7.58. The van der Waals surface area contributed by atoms with E-state index < -0.39 is 0 Å². The second-order valence-corrected chi connectivity index (χ2v) is 5.13. The van der Waals surface area contributed by atoms with Gasteiger partial charge in [-0.2, -0.15) is 0 Å². The average molecular weight is 284 g/mol. The fourth-order valence-corrected chi connectivity index (χ4v) is 2.25. The van der Waals surface area contributed by atoms with Gasteiger partial charge in [-0.15, -0.1) is 0 Å². The van der Waals surface area contributed by atoms with Gasteiger partial charge in [-0.1, -0.05) is 17.7 Å². The molecule has 0 spiro atoms. The summed E-state index contributed by atoms with van der Waals surface area (Å²) in [5.41, 5.74) is 4.90. The number of hydrogen-bond acceptors (Lipinski definition) is 3. The Balaban J connectivity index is 1.76. The molecule has 0 saturated carbocycles. The summed E-state index contributed by atoms with van der Waals surface area (Å²) in [6.45, 7) is 8.70. The fourth-order valence-electron chi connectivity index (χ4n) is 2.25. The number of benzene rings is 2. The molecule has 0 amide bonds. The van der Waals surface area contributed by atoms with Crippen molar-refractivity contribution in [2.24, 2.45) is 0 Å². The van der Waals surface area contributed by atoms with Crippen molar-refractivity contribution in [2.45, 2.75) is 20.8 Å². The van der Waals surface area contributed by atoms with Crippen LogP contribution in [0.15, 0.2) is 42.5 Å². The van der Waals surface area contributed by atoms with Crippen LogP contribution in [0.2, 0.25) is 0 Å². The third kappa shape index (κ3) is 4.71. The highest BCUT2D eigenvalue weighted by Gasteiger charge is 1.98. The Morgan fingerprint density at radius 3 is 2.29 bits per heavy atom. The maximum atomic E-state index is 5.43. The van der Waals surface area contributed by atoms with Gasteiger partial charge < -0.3 is 15.4 Å². The number of rotatable bonds is 7. The van der Waals surface area contributed by atoms with Gasteiger partial charge in [0, 0.05) is 24.5 Å². The van der Waals surface area contributed by atoms with Crippen LogP contribution in [0.4, 0.5) is 11.4 Å². The van der Waals surface area contributed by atoms with Crippen LogP contribution in [0.1, 0.15) is 18.1 Å². The number of aryl methyl sites for hydroxylation is 2. The van der Waals surface area contributed by atoms with E-state index in [9.17, 15) is 0 Å². The molecule has 2 rings (SSSR count). The van der Waals surface area contributed by atoms with Crippen molar-refractivity contribution in [3.63, 3.8) is 0 Å². The van der Waals surface area contributed by atoms with Gasteiger partial charge in [0.25, 0.3) is 0 Å². The molecule has 0 radical (unpaired) electrons. The SMILES string of the molecule is CCOc1ccc(NCCNc2ccc(C)cc2C)cc1. The number of ether oxygens (including phenoxy) is 1. The normalized spacial score (nSPS) is 10.2. The van der Waals surface area contributed by atoms with E-state index in [0.717, 1.165) is 24.5 Å². The quantitative estimate of drug-likeness (QED) is 0.747. The molecule has 0 aliphatic carbocycles. The first-order chi connectivity index (χ1) is 10.2. The number of hydrogen-bond donors (Lipinski definition) is 2. The van der Waals surface area contributed by atoms with E-state index in [-0.39, 0.29) is 0 Å². The van der Waals surface area contributed by atoms with E-state index in [1.54, 1.807) is 0 Å². The first-order valence-electron chi connectivity index (χ1n) is 7.47. The van der Waals surface area contributed by atoms with Gasteiger partial charge in [-0.25, -0.2) is 0 Å². The molecule has 0 bridgehead atoms. The van der Waals surface area contributed by atoms with Gasteiger partial charge in [0.2, 0.25) is 0 Å². The van der Waals surface area contributed by atoms with Crippen LogP contribution >= 0.6 is 0 Å². The molecule has 2 N–H and O–H groups in total. The molecule has 3 nitrogen and oxygen atoms in total. The molecule has 0 saturated heterocycles. The van der Waals surface area contributed by atoms with E-state index in [2.05, 4.69) is 42.7 Å². The maximum Gasteiger partial charge on any atom is 0.119 e. The summed E-state index contributed by atoms with van der Waals surface area (Å²) < 4.78 is 5.43. The fraction of sp³-hybridized carbons (Fsp3) is 0.333. The largest absolute Gasteiger partial charge is 0.494 e. The minimum absolute atomic E-state index is 0.701. The Bertz CT molecular complexity index is 564. The first-order valence-corrected chi connectivity index (χ1v) is 7.47. The number of anilines is 2. The molecule has 0 aliphatic heterocycles. The zero-order valence-electron chi connectivity index (χ0n) is 13.1. The zero-order chi connectivity index (χ0) is 15.1. The van der Waals surface area contributed by atoms with Gasteiger partial charge in [-0.05, 0) is 56.7 Å². The Morgan fingerprint density at radius 1 is 0.905 bits per heavy atom. The standard InChI is InChI=1S/C18H24N2O/c1-4-21-17-8-6-16(7-9-17)19-11-12-20-18-10-5-14(2)13-15(18)3/h5-10,13,19-20H,4,11-12H2,1-3H3. The van der Waals surface area contributed by atoms with Gasteiger partial charge in [0.15, 0.2) is 0 Å². The highest BCUT2D eigenvalue weighted by molar-refractivity contribution is 5.52. The molecule has 0 heterocycles. The molecule has 0 fully saturated rings. The lowest BCUT2D eigenvalue weighted by molar-refractivity contribution is 0.340. The van der Waals surface area contributed by atoms with Gasteiger partial charge in [0.05, 0.1) is 6.61 Å². The van der Waals surface area contributed by atoms with Crippen LogP contribution in [0, 0.1) is 13.8 Å². The zero-order valence-corrected chi connectivity index (χ0v) is 13.1. The third-order valence-corrected chi connectivity index (χ3v) is 3.32. The van der Waals surface area contributed by atoms with E-state index in [1.165, 1.54) is 16.8 Å². The molecule has 112 valence electrons. The summed E-state index contributed by atoms with van der Waals surface area (Å²) in [5, 5.41) is 6.85. The smallest absolute Gasteiger partial charge is 0.119 e. The summed E-state index contributed by atoms with van der Waals surface area (Å²) in [6.07, 6.45) is 0. The van der Waals surface area contributed by atoms with Crippen LogP contribution in [0.5, 0.6) is 5.75 Å². The van der Waals surface area contributed by atoms with E-state index in [0.29, 0.717) is 6.61 Å². The van der Waals surface area contributed by atoms with Crippen molar-refractivity contribution in [1.82, 2.24) is 0 Å². The summed E-state index contributed by atoms with van der Waals surface area (Å²) in [7, 11) is 0. The molecular weight excluding hydrogens is 260 g/mol. The predicted octanol–water partition coefficient (Wildman–Crippen LogP) is 4.23. The third-order valence-electron chi connectivity index (χ3n) is 3.32. The van der Waals surface area contributed by atoms with Crippen molar-refractivity contribution in [3.05, 3.63) is 53.6 Å². The van der Waals surface area contributed by atoms with Crippen molar-refractivity contribution >= 4 is 11.4 Å². The lowest BCUT2D eigenvalue weighted by Gasteiger charge is -2.12. The van der Waals surface area contributed by atoms with Crippen molar-refractivity contribution in [3.8, 4) is 5.75 Å². The van der Waals surface area contributed by atoms with E-state index >= 15 is 0 Å². The average Bonchev–Trinajstić information content (AvgIpc) is 2.47. The minimum Gasteiger partial charge on any atom is -0.494 e. The lowest BCUT2D eigenvalue weighted by atomic mass is 10.1. The monoisotopic (exact) mass is 284 g/mol. The highest BCUT2D eigenvalue weighted by Crippen LogP contribution is 2.16. The summed E-state index contributed by atoms with van der Waals surface area (Å²) in [5.74, 6) is 0.913. The van der Waals surface area contributed by atoms with Crippen LogP contribution in [0.25, 0.3) is 0 Å². The topological polar surface area (TPSA) is 33.3 Å². The first kappa shape index (κ1) is 15.2. The molecule has 0 aliphatic rings. The Hall–Kier alpha value is -2.16. The second-order valence-electron chi connectivity index (χ2n) is 5.13. The summed E-state index contributed by atoms with van der Waals surface area (Å²) in [4.78, 5) is 0. The molecule has 2 aromatic carbocycles. The van der Waals surface area contributed by atoms with Crippen molar-refractivity contribution in [2.75, 3.05) is 30.3 Å². The van der Waals surface area contributed by atoms with Crippen molar-refractivity contribution < 1.29 is 4.74 Å². The Morgan fingerprint density at radius 2 is 1.62 bits per heavy atom. The Kier molecular flexibility index (Phi) is 5.50. The molecule has 0 unspecified atom stereocenters. The maximum absolute atomic E-state index is 5.43. The summed E-state index contributed by atoms with van der Waals surface area (Å²) in [6, 6.07) is 14.5. The van der Waals surface area contributed by atoms with Crippen LogP contribution in [0.3, 0.4) is 0 Å². The molecule has 21 heavy (non-hydrogen) atoms. The molecule has 2 aromatic rings. The lowest BCUT2D eigenvalue weighted by Crippen LogP contribution is -2.14. The van der Waals surface area contributed by atoms with Crippen LogP contribution in [-0.2, 0) is 0 Å². The van der Waals surface area contributed by atoms with Crippen molar-refractivity contribution in [1.29, 1.82) is 0 Å². The van der Waals surface area contributed by atoms with Crippen LogP contribution in [-0.4, -0.2) is 19.7 Å². The molecule has 0 aromatic heterocycles. The van der Waals surface area contributed by atoms with Crippen LogP contribution < -0.4 is 15.4 Å². The van der Waals surface area contributed by atoms with Gasteiger partial charge in [-0.3, -0.25) is 0 Å². The van der Waals surface area contributed by atoms with Gasteiger partial charge in [0.1, 0.15) is 5.75 Å². The Labute approximate surface area is 127 Å². The molecular formula is C18H24N2O. The van der Waals surface area contributed by atoms with E-state index in [1.807, 2.05) is 31.2 Å². The number of nitrogens with one attached hydrogen (secondary N) is 2. The minimum atomic E-state index is 0.701. The van der Waals surface area contributed by atoms with E-state index in [4.69, 9.17) is 4.74 Å². The molecule has 0 atom stereocenters. The predicted molar refractivity (Wildman–Crippen MR) is 90.5 cm³/mol.